The molecule has 0 saturated carbocycles. The Morgan fingerprint density at radius 1 is 0.296 bits per heavy atom. The molecule has 394 valence electrons. The summed E-state index contributed by atoms with van der Waals surface area (Å²) < 4.78 is 16.7. The van der Waals surface area contributed by atoms with Crippen molar-refractivity contribution in [3.8, 4) is 0 Å². The summed E-state index contributed by atoms with van der Waals surface area (Å²) >= 11 is 0. The summed E-state index contributed by atoms with van der Waals surface area (Å²) in [5, 5.41) is 0. The largest absolute Gasteiger partial charge is 0.462 e. The maximum absolute atomic E-state index is 12.8. The molecule has 0 rings (SSSR count). The van der Waals surface area contributed by atoms with Crippen molar-refractivity contribution >= 4 is 17.9 Å². The van der Waals surface area contributed by atoms with Crippen molar-refractivity contribution in [2.75, 3.05) is 13.2 Å². The first-order valence-corrected chi connectivity index (χ1v) is 27.6. The van der Waals surface area contributed by atoms with E-state index in [1.807, 2.05) is 12.2 Å². The average molecular weight is 975 g/mol. The molecular weight excluding hydrogens is 877 g/mol. The van der Waals surface area contributed by atoms with E-state index in [2.05, 4.69) is 179 Å². The highest BCUT2D eigenvalue weighted by molar-refractivity contribution is 5.71. The van der Waals surface area contributed by atoms with Crippen LogP contribution in [0.15, 0.2) is 170 Å². The molecule has 0 saturated heterocycles. The van der Waals surface area contributed by atoms with Gasteiger partial charge in [0.25, 0.3) is 0 Å². The molecule has 0 aromatic carbocycles. The van der Waals surface area contributed by atoms with Gasteiger partial charge in [-0.3, -0.25) is 14.4 Å². The molecule has 0 amide bonds. The lowest BCUT2D eigenvalue weighted by Gasteiger charge is -2.18. The monoisotopic (exact) mass is 975 g/mol. The van der Waals surface area contributed by atoms with Crippen LogP contribution in [0.3, 0.4) is 0 Å². The smallest absolute Gasteiger partial charge is 0.306 e. The highest BCUT2D eigenvalue weighted by Crippen LogP contribution is 2.10. The molecule has 0 bridgehead atoms. The lowest BCUT2D eigenvalue weighted by molar-refractivity contribution is -0.166. The second-order valence-electron chi connectivity index (χ2n) is 17.4. The van der Waals surface area contributed by atoms with Crippen molar-refractivity contribution in [1.82, 2.24) is 0 Å². The minimum atomic E-state index is -0.852. The van der Waals surface area contributed by atoms with Crippen molar-refractivity contribution in [2.24, 2.45) is 0 Å². The van der Waals surface area contributed by atoms with Crippen molar-refractivity contribution in [3.63, 3.8) is 0 Å². The molecule has 0 unspecified atom stereocenters. The van der Waals surface area contributed by atoms with Crippen LogP contribution in [0, 0.1) is 0 Å². The van der Waals surface area contributed by atoms with Crippen LogP contribution in [0.5, 0.6) is 0 Å². The van der Waals surface area contributed by atoms with Crippen LogP contribution < -0.4 is 0 Å². The number of hydrogen-bond donors (Lipinski definition) is 0. The summed E-state index contributed by atoms with van der Waals surface area (Å²) in [5.74, 6) is -1.11. The van der Waals surface area contributed by atoms with Gasteiger partial charge in [0.2, 0.25) is 0 Å². The molecule has 6 nitrogen and oxygen atoms in total. The zero-order valence-electron chi connectivity index (χ0n) is 44.9. The van der Waals surface area contributed by atoms with Gasteiger partial charge in [0, 0.05) is 19.3 Å². The van der Waals surface area contributed by atoms with E-state index in [1.54, 1.807) is 0 Å². The minimum Gasteiger partial charge on any atom is -0.462 e. The SMILES string of the molecule is CC/C=C\C/C=C\C/C=C\C/C=C\C/C=C\C/C=C\CCC(=O)OC[C@H](COC(=O)CCCCC/C=C\C/C=C\C/C=C\C/C=C\C/C=C\CC)OC(=O)CCCC/C=C\C/C=C\C/C=C\CCCCC. The fourth-order valence-corrected chi connectivity index (χ4v) is 6.62. The van der Waals surface area contributed by atoms with Gasteiger partial charge >= 0.3 is 17.9 Å². The highest BCUT2D eigenvalue weighted by atomic mass is 16.6. The number of unbranched alkanes of at least 4 members (excludes halogenated alkanes) is 8. The first kappa shape index (κ1) is 65.8. The Labute approximate surface area is 434 Å². The van der Waals surface area contributed by atoms with Gasteiger partial charge in [-0.05, 0) is 141 Å². The zero-order valence-corrected chi connectivity index (χ0v) is 44.9. The molecule has 0 fully saturated rings. The summed E-state index contributed by atoms with van der Waals surface area (Å²) in [4.78, 5) is 38.1. The maximum Gasteiger partial charge on any atom is 0.306 e. The van der Waals surface area contributed by atoms with E-state index in [9.17, 15) is 14.4 Å². The number of esters is 3. The molecule has 0 spiro atoms. The molecule has 0 radical (unpaired) electrons. The lowest BCUT2D eigenvalue weighted by atomic mass is 10.1. The average Bonchev–Trinajstić information content (AvgIpc) is 3.37. The molecule has 6 heteroatoms. The van der Waals surface area contributed by atoms with Gasteiger partial charge < -0.3 is 14.2 Å². The molecule has 0 aliphatic heterocycles. The van der Waals surface area contributed by atoms with Gasteiger partial charge in [-0.1, -0.05) is 210 Å². The van der Waals surface area contributed by atoms with Crippen molar-refractivity contribution < 1.29 is 28.6 Å². The van der Waals surface area contributed by atoms with Crippen molar-refractivity contribution in [2.45, 2.75) is 207 Å². The third-order valence-electron chi connectivity index (χ3n) is 10.7. The third-order valence-corrected chi connectivity index (χ3v) is 10.7. The number of ether oxygens (including phenoxy) is 3. The standard InChI is InChI=1S/C65H98O6/c1-4-7-10-13-16-19-22-25-28-30-32-34-37-39-42-45-48-51-54-57-63(66)69-60-62(71-65(68)59-56-53-50-47-44-41-36-27-24-21-18-15-12-9-6-3)61-70-64(67)58-55-52-49-46-43-40-38-35-33-31-29-26-23-20-17-14-11-8-5-2/h7-8,10-11,16-21,25-29,32-36,39-40,42-44,47-48,51,62H,4-6,9,12-15,22-24,30-31,37-38,41,45-46,49-50,52-61H2,1-3H3/b10-7-,11-8-,19-16-,20-17-,21-18-,28-25-,29-26-,34-32-,35-33-,36-27-,42-39-,43-40-,47-44-,51-48-/t62-/m1/s1. The van der Waals surface area contributed by atoms with Crippen LogP contribution in [0.4, 0.5) is 0 Å². The number of hydrogen-bond acceptors (Lipinski definition) is 6. The van der Waals surface area contributed by atoms with E-state index in [0.717, 1.165) is 128 Å². The van der Waals surface area contributed by atoms with Crippen LogP contribution in [-0.4, -0.2) is 37.2 Å². The fourth-order valence-electron chi connectivity index (χ4n) is 6.62. The summed E-state index contributed by atoms with van der Waals surface area (Å²) in [6.07, 6.45) is 84.9. The Hall–Kier alpha value is -5.23. The quantitative estimate of drug-likeness (QED) is 0.0262. The van der Waals surface area contributed by atoms with Gasteiger partial charge in [0.15, 0.2) is 6.10 Å². The van der Waals surface area contributed by atoms with Crippen LogP contribution in [0.2, 0.25) is 0 Å². The van der Waals surface area contributed by atoms with E-state index < -0.39 is 6.10 Å². The second-order valence-corrected chi connectivity index (χ2v) is 17.4. The van der Waals surface area contributed by atoms with Crippen molar-refractivity contribution in [1.29, 1.82) is 0 Å². The van der Waals surface area contributed by atoms with Crippen LogP contribution in [-0.2, 0) is 28.6 Å². The molecule has 0 aromatic heterocycles. The third kappa shape index (κ3) is 55.6. The predicted molar refractivity (Wildman–Crippen MR) is 306 cm³/mol. The van der Waals surface area contributed by atoms with Crippen LogP contribution >= 0.6 is 0 Å². The fraction of sp³-hybridized carbons (Fsp3) is 0.523. The second kappa shape index (κ2) is 57.3. The predicted octanol–water partition coefficient (Wildman–Crippen LogP) is 18.8. The van der Waals surface area contributed by atoms with Crippen molar-refractivity contribution in [3.05, 3.63) is 170 Å². The number of rotatable bonds is 47. The van der Waals surface area contributed by atoms with E-state index in [4.69, 9.17) is 14.2 Å². The number of carbonyl (C=O) groups is 3. The first-order chi connectivity index (χ1) is 35.0. The highest BCUT2D eigenvalue weighted by Gasteiger charge is 2.19. The van der Waals surface area contributed by atoms with E-state index in [0.29, 0.717) is 12.8 Å². The van der Waals surface area contributed by atoms with Crippen LogP contribution in [0.25, 0.3) is 0 Å². The molecule has 0 aromatic rings. The Morgan fingerprint density at radius 3 is 0.944 bits per heavy atom. The maximum atomic E-state index is 12.8. The summed E-state index contributed by atoms with van der Waals surface area (Å²) in [6, 6.07) is 0. The lowest BCUT2D eigenvalue weighted by Crippen LogP contribution is -2.30. The van der Waals surface area contributed by atoms with Gasteiger partial charge in [-0.2, -0.15) is 0 Å². The number of allylic oxidation sites excluding steroid dienone is 28. The summed E-state index contributed by atoms with van der Waals surface area (Å²) in [5.41, 5.74) is 0. The topological polar surface area (TPSA) is 78.9 Å². The van der Waals surface area contributed by atoms with Gasteiger partial charge in [-0.25, -0.2) is 0 Å². The summed E-state index contributed by atoms with van der Waals surface area (Å²) in [6.45, 7) is 6.23. The Balaban J connectivity index is 4.65. The Kier molecular flexibility index (Phi) is 53.1. The number of carbonyl (C=O) groups excluding carboxylic acids is 3. The molecule has 0 aliphatic carbocycles. The van der Waals surface area contributed by atoms with Gasteiger partial charge in [0.1, 0.15) is 13.2 Å². The van der Waals surface area contributed by atoms with Crippen LogP contribution in [0.1, 0.15) is 201 Å². The molecular formula is C65H98O6. The van der Waals surface area contributed by atoms with E-state index in [1.165, 1.54) is 19.3 Å². The Bertz CT molecular complexity index is 1690. The summed E-state index contributed by atoms with van der Waals surface area (Å²) in [7, 11) is 0. The first-order valence-electron chi connectivity index (χ1n) is 27.6. The van der Waals surface area contributed by atoms with E-state index in [-0.39, 0.29) is 50.4 Å². The zero-order chi connectivity index (χ0) is 51.4. The molecule has 0 aliphatic rings. The normalized spacial score (nSPS) is 13.5. The minimum absolute atomic E-state index is 0.143. The molecule has 0 heterocycles. The molecule has 1 atom stereocenters. The van der Waals surface area contributed by atoms with Gasteiger partial charge in [-0.15, -0.1) is 0 Å². The molecule has 0 N–H and O–H groups in total. The molecule has 71 heavy (non-hydrogen) atoms. The van der Waals surface area contributed by atoms with Gasteiger partial charge in [0.05, 0.1) is 0 Å². The Morgan fingerprint density at radius 2 is 0.577 bits per heavy atom. The van der Waals surface area contributed by atoms with E-state index >= 15 is 0 Å².